The number of hydrogen-bond acceptors (Lipinski definition) is 4. The second kappa shape index (κ2) is 6.36. The van der Waals surface area contributed by atoms with Gasteiger partial charge in [0.1, 0.15) is 0 Å². The SMILES string of the molecule is O=C(NC[C@H]1CCO[C@@H]1c1cn[nH]c1)c1ccncc1Br. The third-order valence-electron chi connectivity index (χ3n) is 3.60. The molecule has 0 unspecified atom stereocenters. The quantitative estimate of drug-likeness (QED) is 0.884. The first-order chi connectivity index (χ1) is 10.3. The van der Waals surface area contributed by atoms with Gasteiger partial charge in [0.15, 0.2) is 0 Å². The van der Waals surface area contributed by atoms with Crippen molar-refractivity contribution in [3.8, 4) is 0 Å². The molecule has 6 nitrogen and oxygen atoms in total. The molecule has 0 spiro atoms. The van der Waals surface area contributed by atoms with Crippen LogP contribution in [0.2, 0.25) is 0 Å². The number of carbonyl (C=O) groups is 1. The number of hydrogen-bond donors (Lipinski definition) is 2. The predicted octanol–water partition coefficient (Wildman–Crippen LogP) is 2.07. The first-order valence-electron chi connectivity index (χ1n) is 6.73. The van der Waals surface area contributed by atoms with Crippen LogP contribution in [0.5, 0.6) is 0 Å². The van der Waals surface area contributed by atoms with Crippen molar-refractivity contribution in [2.75, 3.05) is 13.2 Å². The van der Waals surface area contributed by atoms with Gasteiger partial charge in [-0.25, -0.2) is 0 Å². The normalized spacial score (nSPS) is 21.4. The molecular weight excluding hydrogens is 336 g/mol. The Kier molecular flexibility index (Phi) is 4.31. The third kappa shape index (κ3) is 3.14. The number of nitrogens with zero attached hydrogens (tertiary/aromatic N) is 2. The van der Waals surface area contributed by atoms with Gasteiger partial charge in [0.05, 0.1) is 17.9 Å². The lowest BCUT2D eigenvalue weighted by Crippen LogP contribution is -2.30. The van der Waals surface area contributed by atoms with Crippen LogP contribution in [0.1, 0.15) is 28.4 Å². The summed E-state index contributed by atoms with van der Waals surface area (Å²) in [6.45, 7) is 1.28. The number of nitrogens with one attached hydrogen (secondary N) is 2. The van der Waals surface area contributed by atoms with E-state index >= 15 is 0 Å². The number of aromatic nitrogens is 3. The molecule has 0 aromatic carbocycles. The fourth-order valence-electron chi connectivity index (χ4n) is 2.51. The van der Waals surface area contributed by atoms with E-state index in [4.69, 9.17) is 4.74 Å². The van der Waals surface area contributed by atoms with E-state index in [9.17, 15) is 4.79 Å². The smallest absolute Gasteiger partial charge is 0.252 e. The van der Waals surface area contributed by atoms with E-state index in [2.05, 4.69) is 36.4 Å². The fraction of sp³-hybridized carbons (Fsp3) is 0.357. The van der Waals surface area contributed by atoms with Gasteiger partial charge in [-0.15, -0.1) is 0 Å². The Morgan fingerprint density at radius 3 is 3.19 bits per heavy atom. The van der Waals surface area contributed by atoms with Crippen LogP contribution in [0.15, 0.2) is 35.3 Å². The highest BCUT2D eigenvalue weighted by atomic mass is 79.9. The largest absolute Gasteiger partial charge is 0.373 e. The summed E-state index contributed by atoms with van der Waals surface area (Å²) in [5, 5.41) is 9.71. The Balaban J connectivity index is 1.62. The van der Waals surface area contributed by atoms with Crippen molar-refractivity contribution in [1.29, 1.82) is 0 Å². The molecule has 0 radical (unpaired) electrons. The molecule has 1 aliphatic rings. The molecule has 3 heterocycles. The molecule has 2 atom stereocenters. The number of carbonyl (C=O) groups excluding carboxylic acids is 1. The molecule has 0 aliphatic carbocycles. The van der Waals surface area contributed by atoms with Crippen molar-refractivity contribution in [2.24, 2.45) is 5.92 Å². The van der Waals surface area contributed by atoms with E-state index in [1.165, 1.54) is 0 Å². The number of ether oxygens (including phenoxy) is 1. The van der Waals surface area contributed by atoms with Crippen LogP contribution in [0, 0.1) is 5.92 Å². The van der Waals surface area contributed by atoms with Crippen molar-refractivity contribution in [1.82, 2.24) is 20.5 Å². The molecule has 0 bridgehead atoms. The summed E-state index contributed by atoms with van der Waals surface area (Å²) in [4.78, 5) is 16.1. The first-order valence-corrected chi connectivity index (χ1v) is 7.53. The van der Waals surface area contributed by atoms with Crippen LogP contribution in [-0.2, 0) is 4.74 Å². The summed E-state index contributed by atoms with van der Waals surface area (Å²) in [6, 6.07) is 1.69. The molecule has 1 fully saturated rings. The lowest BCUT2D eigenvalue weighted by molar-refractivity contribution is 0.0846. The Morgan fingerprint density at radius 1 is 1.52 bits per heavy atom. The van der Waals surface area contributed by atoms with E-state index < -0.39 is 0 Å². The Labute approximate surface area is 130 Å². The Morgan fingerprint density at radius 2 is 2.43 bits per heavy atom. The Hall–Kier alpha value is -1.73. The highest BCUT2D eigenvalue weighted by Gasteiger charge is 2.30. The van der Waals surface area contributed by atoms with Crippen molar-refractivity contribution in [3.63, 3.8) is 0 Å². The third-order valence-corrected chi connectivity index (χ3v) is 4.24. The minimum Gasteiger partial charge on any atom is -0.373 e. The fourth-order valence-corrected chi connectivity index (χ4v) is 2.94. The molecule has 0 saturated carbocycles. The molecule has 1 amide bonds. The molecule has 2 N–H and O–H groups in total. The number of aromatic amines is 1. The van der Waals surface area contributed by atoms with Crippen LogP contribution in [0.4, 0.5) is 0 Å². The summed E-state index contributed by atoms with van der Waals surface area (Å²) < 4.78 is 6.43. The minimum atomic E-state index is -0.109. The van der Waals surface area contributed by atoms with Gasteiger partial charge in [0.2, 0.25) is 0 Å². The number of rotatable bonds is 4. The first kappa shape index (κ1) is 14.2. The molecule has 3 rings (SSSR count). The zero-order valence-electron chi connectivity index (χ0n) is 11.3. The van der Waals surface area contributed by atoms with E-state index in [1.807, 2.05) is 6.20 Å². The molecule has 7 heteroatoms. The maximum Gasteiger partial charge on any atom is 0.252 e. The van der Waals surface area contributed by atoms with Crippen LogP contribution in [-0.4, -0.2) is 34.2 Å². The van der Waals surface area contributed by atoms with Crippen LogP contribution < -0.4 is 5.32 Å². The lowest BCUT2D eigenvalue weighted by atomic mass is 9.97. The highest BCUT2D eigenvalue weighted by molar-refractivity contribution is 9.10. The van der Waals surface area contributed by atoms with Crippen molar-refractivity contribution >= 4 is 21.8 Å². The molecule has 2 aromatic rings. The summed E-state index contributed by atoms with van der Waals surface area (Å²) in [5.41, 5.74) is 1.61. The van der Waals surface area contributed by atoms with E-state index in [-0.39, 0.29) is 17.9 Å². The second-order valence-electron chi connectivity index (χ2n) is 4.94. The second-order valence-corrected chi connectivity index (χ2v) is 5.79. The predicted molar refractivity (Wildman–Crippen MR) is 79.7 cm³/mol. The van der Waals surface area contributed by atoms with Gasteiger partial charge >= 0.3 is 0 Å². The molecule has 1 aliphatic heterocycles. The zero-order chi connectivity index (χ0) is 14.7. The topological polar surface area (TPSA) is 79.9 Å². The molecule has 2 aromatic heterocycles. The van der Waals surface area contributed by atoms with Crippen LogP contribution in [0.3, 0.4) is 0 Å². The molecule has 1 saturated heterocycles. The molecule has 110 valence electrons. The number of halogens is 1. The molecular formula is C14H15BrN4O2. The summed E-state index contributed by atoms with van der Waals surface area (Å²) in [6.07, 6.45) is 7.74. The van der Waals surface area contributed by atoms with Crippen LogP contribution in [0.25, 0.3) is 0 Å². The van der Waals surface area contributed by atoms with E-state index in [1.54, 1.807) is 24.7 Å². The van der Waals surface area contributed by atoms with Gasteiger partial charge < -0.3 is 10.1 Å². The molecule has 21 heavy (non-hydrogen) atoms. The summed E-state index contributed by atoms with van der Waals surface area (Å²) in [5.74, 6) is 0.147. The van der Waals surface area contributed by atoms with Gasteiger partial charge in [-0.2, -0.15) is 5.10 Å². The standard InChI is InChI=1S/C14H15BrN4O2/c15-12-8-16-3-1-11(12)14(20)17-5-9-2-4-21-13(9)10-6-18-19-7-10/h1,3,6-9,13H,2,4-5H2,(H,17,20)(H,18,19)/t9-,13+/m1/s1. The lowest BCUT2D eigenvalue weighted by Gasteiger charge is -2.17. The maximum atomic E-state index is 12.2. The average molecular weight is 351 g/mol. The summed E-state index contributed by atoms with van der Waals surface area (Å²) >= 11 is 3.33. The van der Waals surface area contributed by atoms with Gasteiger partial charge in [-0.05, 0) is 28.4 Å². The van der Waals surface area contributed by atoms with Gasteiger partial charge in [0, 0.05) is 47.7 Å². The minimum absolute atomic E-state index is 0.00932. The number of pyridine rings is 1. The monoisotopic (exact) mass is 350 g/mol. The van der Waals surface area contributed by atoms with Gasteiger partial charge in [-0.1, -0.05) is 0 Å². The van der Waals surface area contributed by atoms with Crippen molar-refractivity contribution < 1.29 is 9.53 Å². The van der Waals surface area contributed by atoms with Gasteiger partial charge in [0.25, 0.3) is 5.91 Å². The summed E-state index contributed by atoms with van der Waals surface area (Å²) in [7, 11) is 0. The van der Waals surface area contributed by atoms with E-state index in [0.29, 0.717) is 23.2 Å². The van der Waals surface area contributed by atoms with Crippen molar-refractivity contribution in [2.45, 2.75) is 12.5 Å². The average Bonchev–Trinajstić information content (AvgIpc) is 3.16. The highest BCUT2D eigenvalue weighted by Crippen LogP contribution is 2.33. The van der Waals surface area contributed by atoms with Crippen molar-refractivity contribution in [3.05, 3.63) is 46.5 Å². The number of amides is 1. The zero-order valence-corrected chi connectivity index (χ0v) is 12.8. The van der Waals surface area contributed by atoms with Crippen LogP contribution >= 0.6 is 15.9 Å². The number of H-pyrrole nitrogens is 1. The Bertz CT molecular complexity index is 617. The van der Waals surface area contributed by atoms with Gasteiger partial charge in [-0.3, -0.25) is 14.9 Å². The maximum absolute atomic E-state index is 12.2. The van der Waals surface area contributed by atoms with E-state index in [0.717, 1.165) is 12.0 Å².